The van der Waals surface area contributed by atoms with Gasteiger partial charge in [-0.1, -0.05) is 25.1 Å². The predicted molar refractivity (Wildman–Crippen MR) is 119 cm³/mol. The van der Waals surface area contributed by atoms with Crippen molar-refractivity contribution >= 4 is 21.8 Å². The number of halogens is 1. The van der Waals surface area contributed by atoms with Crippen LogP contribution in [0.5, 0.6) is 0 Å². The van der Waals surface area contributed by atoms with Crippen LogP contribution in [0.4, 0.5) is 14.9 Å². The van der Waals surface area contributed by atoms with Crippen LogP contribution in [0.2, 0.25) is 0 Å². The molecule has 3 rings (SSSR count). The van der Waals surface area contributed by atoms with Gasteiger partial charge < -0.3 is 10.0 Å². The number of anilines is 1. The first-order valence-corrected chi connectivity index (χ1v) is 11.9. The predicted octanol–water partition coefficient (Wildman–Crippen LogP) is 4.94. The molecule has 0 saturated heterocycles. The molecular weight excluding hydrogens is 419 g/mol. The Bertz CT molecular complexity index is 1050. The molecule has 1 amide bonds. The largest absolute Gasteiger partial charge is 0.465 e. The molecule has 1 aliphatic carbocycles. The van der Waals surface area contributed by atoms with Gasteiger partial charge in [0.15, 0.2) is 0 Å². The number of hydrogen-bond donors (Lipinski definition) is 2. The van der Waals surface area contributed by atoms with Crippen molar-refractivity contribution in [1.29, 1.82) is 0 Å². The normalized spacial score (nSPS) is 16.5. The lowest BCUT2D eigenvalue weighted by Gasteiger charge is -2.33. The highest BCUT2D eigenvalue weighted by Crippen LogP contribution is 2.29. The first-order chi connectivity index (χ1) is 14.5. The summed E-state index contributed by atoms with van der Waals surface area (Å²) < 4.78 is 42.1. The molecule has 1 aliphatic rings. The number of rotatable bonds is 7. The van der Waals surface area contributed by atoms with Crippen molar-refractivity contribution in [1.82, 2.24) is 4.90 Å². The zero-order chi connectivity index (χ0) is 22.8. The van der Waals surface area contributed by atoms with Crippen molar-refractivity contribution in [2.24, 2.45) is 0 Å². The van der Waals surface area contributed by atoms with Gasteiger partial charge in [-0.25, -0.2) is 17.6 Å². The average Bonchev–Trinajstić information content (AvgIpc) is 2.70. The fourth-order valence-corrected chi connectivity index (χ4v) is 5.03. The second-order valence-electron chi connectivity index (χ2n) is 8.46. The van der Waals surface area contributed by atoms with Crippen LogP contribution >= 0.6 is 0 Å². The summed E-state index contributed by atoms with van der Waals surface area (Å²) in [6.45, 7) is 5.30. The van der Waals surface area contributed by atoms with E-state index in [0.717, 1.165) is 17.5 Å². The second-order valence-corrected chi connectivity index (χ2v) is 10.1. The zero-order valence-corrected chi connectivity index (χ0v) is 18.9. The molecule has 0 unspecified atom stereocenters. The lowest BCUT2D eigenvalue weighted by atomic mass is 9.87. The maximum atomic E-state index is 14.0. The van der Waals surface area contributed by atoms with Gasteiger partial charge >= 0.3 is 6.09 Å². The number of carbonyl (C=O) groups is 1. The van der Waals surface area contributed by atoms with E-state index < -0.39 is 21.8 Å². The van der Waals surface area contributed by atoms with Crippen LogP contribution < -0.4 is 4.72 Å². The smallest absolute Gasteiger partial charge is 0.407 e. The Kier molecular flexibility index (Phi) is 6.59. The Balaban J connectivity index is 1.75. The third-order valence-electron chi connectivity index (χ3n) is 5.66. The van der Waals surface area contributed by atoms with Gasteiger partial charge in [-0.15, -0.1) is 0 Å². The number of hydrogen-bond acceptors (Lipinski definition) is 3. The molecule has 2 aromatic carbocycles. The number of sulfonamides is 1. The third-order valence-corrected chi connectivity index (χ3v) is 7.06. The summed E-state index contributed by atoms with van der Waals surface area (Å²) in [6.07, 6.45) is 1.87. The fraction of sp³-hybridized carbons (Fsp3) is 0.435. The van der Waals surface area contributed by atoms with E-state index in [-0.39, 0.29) is 10.9 Å². The fourth-order valence-electron chi connectivity index (χ4n) is 3.99. The van der Waals surface area contributed by atoms with E-state index in [1.54, 1.807) is 6.07 Å². The van der Waals surface area contributed by atoms with E-state index in [9.17, 15) is 22.7 Å². The Morgan fingerprint density at radius 1 is 1.19 bits per heavy atom. The van der Waals surface area contributed by atoms with Gasteiger partial charge in [-0.2, -0.15) is 0 Å². The molecular formula is C23H29FN2O4S. The average molecular weight is 449 g/mol. The van der Waals surface area contributed by atoms with E-state index in [0.29, 0.717) is 37.1 Å². The zero-order valence-electron chi connectivity index (χ0n) is 18.1. The minimum Gasteiger partial charge on any atom is -0.465 e. The third kappa shape index (κ3) is 5.36. The van der Waals surface area contributed by atoms with Crippen LogP contribution in [0.3, 0.4) is 0 Å². The SMILES string of the molecule is CCCN(C(=O)O)[C@H]1CCc2cc(NS(=O)(=O)c3ccc(C(C)(C)F)cc3)ccc2C1. The van der Waals surface area contributed by atoms with Crippen LogP contribution in [0.15, 0.2) is 47.4 Å². The van der Waals surface area contributed by atoms with Gasteiger partial charge in [-0.3, -0.25) is 4.72 Å². The topological polar surface area (TPSA) is 86.7 Å². The molecule has 2 N–H and O–H groups in total. The number of aryl methyl sites for hydroxylation is 1. The lowest BCUT2D eigenvalue weighted by Crippen LogP contribution is -2.43. The maximum Gasteiger partial charge on any atom is 0.407 e. The minimum atomic E-state index is -3.80. The number of amides is 1. The van der Waals surface area contributed by atoms with Crippen molar-refractivity contribution in [2.75, 3.05) is 11.3 Å². The molecule has 0 heterocycles. The molecule has 0 aliphatic heterocycles. The van der Waals surface area contributed by atoms with E-state index in [1.807, 2.05) is 19.1 Å². The van der Waals surface area contributed by atoms with Gasteiger partial charge in [0.2, 0.25) is 0 Å². The van der Waals surface area contributed by atoms with Crippen LogP contribution in [-0.4, -0.2) is 37.1 Å². The van der Waals surface area contributed by atoms with Gasteiger partial charge in [0.1, 0.15) is 5.67 Å². The Morgan fingerprint density at radius 3 is 2.45 bits per heavy atom. The van der Waals surface area contributed by atoms with Crippen LogP contribution in [0.25, 0.3) is 0 Å². The van der Waals surface area contributed by atoms with E-state index in [4.69, 9.17) is 0 Å². The molecule has 6 nitrogen and oxygen atoms in total. The summed E-state index contributed by atoms with van der Waals surface area (Å²) in [5, 5.41) is 9.47. The Hall–Kier alpha value is -2.61. The highest BCUT2D eigenvalue weighted by molar-refractivity contribution is 7.92. The van der Waals surface area contributed by atoms with Gasteiger partial charge in [0.05, 0.1) is 4.90 Å². The number of nitrogens with one attached hydrogen (secondary N) is 1. The highest BCUT2D eigenvalue weighted by atomic mass is 32.2. The highest BCUT2D eigenvalue weighted by Gasteiger charge is 2.27. The maximum absolute atomic E-state index is 14.0. The standard InChI is InChI=1S/C23H29FN2O4S/c1-4-13-26(22(27)28)20-10-6-16-14-19(9-5-17(16)15-20)25-31(29,30)21-11-7-18(8-12-21)23(2,3)24/h5,7-9,11-12,14,20,25H,4,6,10,13,15H2,1-3H3,(H,27,28)/t20-/m0/s1. The molecule has 0 spiro atoms. The van der Waals surface area contributed by atoms with Crippen LogP contribution in [-0.2, 0) is 28.5 Å². The van der Waals surface area contributed by atoms with Crippen LogP contribution in [0.1, 0.15) is 50.3 Å². The van der Waals surface area contributed by atoms with Crippen LogP contribution in [0, 0.1) is 0 Å². The first-order valence-electron chi connectivity index (χ1n) is 10.4. The summed E-state index contributed by atoms with van der Waals surface area (Å²) in [5.74, 6) is 0. The molecule has 1 atom stereocenters. The number of fused-ring (bicyclic) bond motifs is 1. The summed E-state index contributed by atoms with van der Waals surface area (Å²) >= 11 is 0. The molecule has 31 heavy (non-hydrogen) atoms. The molecule has 168 valence electrons. The quantitative estimate of drug-likeness (QED) is 0.628. The summed E-state index contributed by atoms with van der Waals surface area (Å²) in [6, 6.07) is 11.1. The van der Waals surface area contributed by atoms with Crippen molar-refractivity contribution in [2.45, 2.75) is 63.1 Å². The van der Waals surface area contributed by atoms with E-state index in [1.165, 1.54) is 43.0 Å². The van der Waals surface area contributed by atoms with E-state index in [2.05, 4.69) is 4.72 Å². The summed E-state index contributed by atoms with van der Waals surface area (Å²) in [5.41, 5.74) is 1.38. The summed E-state index contributed by atoms with van der Waals surface area (Å²) in [4.78, 5) is 13.1. The van der Waals surface area contributed by atoms with E-state index >= 15 is 0 Å². The number of carboxylic acid groups (broad SMARTS) is 1. The molecule has 0 aromatic heterocycles. The molecule has 8 heteroatoms. The molecule has 0 radical (unpaired) electrons. The van der Waals surface area contributed by atoms with Gasteiger partial charge in [-0.05, 0) is 80.5 Å². The number of alkyl halides is 1. The van der Waals surface area contributed by atoms with Crippen molar-refractivity contribution in [3.8, 4) is 0 Å². The monoisotopic (exact) mass is 448 g/mol. The molecule has 0 bridgehead atoms. The van der Waals surface area contributed by atoms with Gasteiger partial charge in [0.25, 0.3) is 10.0 Å². The minimum absolute atomic E-state index is 0.0641. The van der Waals surface area contributed by atoms with Crippen molar-refractivity contribution in [3.05, 3.63) is 59.2 Å². The van der Waals surface area contributed by atoms with Crippen molar-refractivity contribution in [3.63, 3.8) is 0 Å². The van der Waals surface area contributed by atoms with Gasteiger partial charge in [0, 0.05) is 18.3 Å². The number of benzene rings is 2. The molecule has 2 aromatic rings. The van der Waals surface area contributed by atoms with Crippen molar-refractivity contribution < 1.29 is 22.7 Å². The Morgan fingerprint density at radius 2 is 1.87 bits per heavy atom. The lowest BCUT2D eigenvalue weighted by molar-refractivity contribution is 0.119. The first kappa shape index (κ1) is 23.1. The molecule has 0 fully saturated rings. The Labute approximate surface area is 183 Å². The summed E-state index contributed by atoms with van der Waals surface area (Å²) in [7, 11) is -3.80. The second kappa shape index (κ2) is 8.86. The molecule has 0 saturated carbocycles. The number of nitrogens with zero attached hydrogens (tertiary/aromatic N) is 1.